The lowest BCUT2D eigenvalue weighted by molar-refractivity contribution is -0.123. The molecule has 1 amide bonds. The van der Waals surface area contributed by atoms with Gasteiger partial charge in [0.05, 0.1) is 6.04 Å². The van der Waals surface area contributed by atoms with E-state index in [9.17, 15) is 4.79 Å². The van der Waals surface area contributed by atoms with Crippen molar-refractivity contribution >= 4 is 30.7 Å². The minimum Gasteiger partial charge on any atom is -0.354 e. The maximum absolute atomic E-state index is 12.4. The van der Waals surface area contributed by atoms with Crippen LogP contribution < -0.4 is 10.6 Å². The SMILES string of the molecule is Cc1nccn1CC(C)CNC(=O)C1CC2CCCCC2N1.Cl.Cl. The molecular formula is C17H30Cl2N4O. The van der Waals surface area contributed by atoms with Gasteiger partial charge in [0.25, 0.3) is 0 Å². The normalized spacial score (nSPS) is 26.7. The number of carbonyl (C=O) groups excluding carboxylic acids is 1. The first-order valence-corrected chi connectivity index (χ1v) is 8.65. The molecule has 1 aromatic rings. The number of aromatic nitrogens is 2. The molecule has 1 saturated heterocycles. The zero-order valence-corrected chi connectivity index (χ0v) is 16.2. The van der Waals surface area contributed by atoms with Crippen molar-refractivity contribution in [2.75, 3.05) is 6.54 Å². The Kier molecular flexibility index (Phi) is 8.54. The van der Waals surface area contributed by atoms with Crippen LogP contribution in [0.5, 0.6) is 0 Å². The highest BCUT2D eigenvalue weighted by Crippen LogP contribution is 2.33. The van der Waals surface area contributed by atoms with Gasteiger partial charge in [0.2, 0.25) is 5.91 Å². The Balaban J connectivity index is 0.00000144. The van der Waals surface area contributed by atoms with E-state index in [1.807, 2.05) is 19.3 Å². The summed E-state index contributed by atoms with van der Waals surface area (Å²) in [6.07, 6.45) is 10.0. The van der Waals surface area contributed by atoms with Gasteiger partial charge in [-0.25, -0.2) is 4.98 Å². The van der Waals surface area contributed by atoms with Crippen LogP contribution in [0.3, 0.4) is 0 Å². The van der Waals surface area contributed by atoms with E-state index in [0.717, 1.165) is 31.3 Å². The van der Waals surface area contributed by atoms with Crippen LogP contribution in [-0.4, -0.2) is 34.1 Å². The maximum atomic E-state index is 12.4. The summed E-state index contributed by atoms with van der Waals surface area (Å²) in [6, 6.07) is 0.603. The minimum atomic E-state index is 0. The first-order valence-electron chi connectivity index (χ1n) is 8.65. The van der Waals surface area contributed by atoms with Gasteiger partial charge in [-0.3, -0.25) is 4.79 Å². The summed E-state index contributed by atoms with van der Waals surface area (Å²) in [7, 11) is 0. The molecule has 5 nitrogen and oxygen atoms in total. The highest BCUT2D eigenvalue weighted by molar-refractivity contribution is 5.85. The fourth-order valence-corrected chi connectivity index (χ4v) is 3.92. The van der Waals surface area contributed by atoms with Gasteiger partial charge in [-0.2, -0.15) is 0 Å². The van der Waals surface area contributed by atoms with Crippen LogP contribution in [0.4, 0.5) is 0 Å². The van der Waals surface area contributed by atoms with Crippen LogP contribution in [0, 0.1) is 18.8 Å². The highest BCUT2D eigenvalue weighted by Gasteiger charge is 2.38. The maximum Gasteiger partial charge on any atom is 0.237 e. The summed E-state index contributed by atoms with van der Waals surface area (Å²) in [5, 5.41) is 6.67. The molecule has 0 spiro atoms. The molecule has 4 unspecified atom stereocenters. The van der Waals surface area contributed by atoms with Crippen LogP contribution in [0.15, 0.2) is 12.4 Å². The summed E-state index contributed by atoms with van der Waals surface area (Å²) < 4.78 is 2.14. The smallest absolute Gasteiger partial charge is 0.237 e. The van der Waals surface area contributed by atoms with Crippen LogP contribution >= 0.6 is 24.8 Å². The molecule has 1 aliphatic carbocycles. The average Bonchev–Trinajstić information content (AvgIpc) is 3.11. The predicted octanol–water partition coefficient (Wildman–Crippen LogP) is 2.71. The third kappa shape index (κ3) is 5.11. The van der Waals surface area contributed by atoms with Crippen LogP contribution in [0.1, 0.15) is 44.9 Å². The highest BCUT2D eigenvalue weighted by atomic mass is 35.5. The monoisotopic (exact) mass is 376 g/mol. The van der Waals surface area contributed by atoms with Crippen LogP contribution in [0.25, 0.3) is 0 Å². The molecule has 3 rings (SSSR count). The Hall–Kier alpha value is -0.780. The van der Waals surface area contributed by atoms with Crippen molar-refractivity contribution in [3.05, 3.63) is 18.2 Å². The van der Waals surface area contributed by atoms with E-state index >= 15 is 0 Å². The van der Waals surface area contributed by atoms with Crippen molar-refractivity contribution in [1.82, 2.24) is 20.2 Å². The van der Waals surface area contributed by atoms with Crippen molar-refractivity contribution in [1.29, 1.82) is 0 Å². The number of hydrogen-bond acceptors (Lipinski definition) is 3. The molecule has 2 N–H and O–H groups in total. The van der Waals surface area contributed by atoms with Crippen molar-refractivity contribution in [2.24, 2.45) is 11.8 Å². The molecule has 0 radical (unpaired) electrons. The fourth-order valence-electron chi connectivity index (χ4n) is 3.92. The van der Waals surface area contributed by atoms with E-state index in [0.29, 0.717) is 12.0 Å². The molecule has 4 atom stereocenters. The first kappa shape index (κ1) is 21.3. The third-order valence-electron chi connectivity index (χ3n) is 5.24. The van der Waals surface area contributed by atoms with Gasteiger partial charge >= 0.3 is 0 Å². The van der Waals surface area contributed by atoms with Crippen molar-refractivity contribution in [3.63, 3.8) is 0 Å². The van der Waals surface area contributed by atoms with E-state index in [1.54, 1.807) is 0 Å². The minimum absolute atomic E-state index is 0. The van der Waals surface area contributed by atoms with Crippen LogP contribution in [0.2, 0.25) is 0 Å². The zero-order valence-electron chi connectivity index (χ0n) is 14.5. The molecular weight excluding hydrogens is 347 g/mol. The Labute approximate surface area is 157 Å². The molecule has 138 valence electrons. The Morgan fingerprint density at radius 1 is 1.42 bits per heavy atom. The van der Waals surface area contributed by atoms with Gasteiger partial charge in [-0.15, -0.1) is 24.8 Å². The molecule has 0 aromatic carbocycles. The second kappa shape index (κ2) is 9.64. The summed E-state index contributed by atoms with van der Waals surface area (Å²) in [5.74, 6) is 2.33. The van der Waals surface area contributed by atoms with Gasteiger partial charge in [-0.1, -0.05) is 19.8 Å². The molecule has 1 aromatic heterocycles. The Morgan fingerprint density at radius 3 is 2.83 bits per heavy atom. The molecule has 1 saturated carbocycles. The molecule has 1 aliphatic heterocycles. The second-order valence-corrected chi connectivity index (χ2v) is 7.08. The number of halogens is 2. The van der Waals surface area contributed by atoms with Gasteiger partial charge in [-0.05, 0) is 38.0 Å². The van der Waals surface area contributed by atoms with Gasteiger partial charge in [0, 0.05) is 31.5 Å². The molecule has 2 heterocycles. The van der Waals surface area contributed by atoms with E-state index in [-0.39, 0.29) is 36.8 Å². The largest absolute Gasteiger partial charge is 0.354 e. The fraction of sp³-hybridized carbons (Fsp3) is 0.765. The summed E-state index contributed by atoms with van der Waals surface area (Å²) in [5.41, 5.74) is 0. The lowest BCUT2D eigenvalue weighted by Gasteiger charge is -2.24. The lowest BCUT2D eigenvalue weighted by atomic mass is 9.85. The number of amides is 1. The molecule has 0 bridgehead atoms. The quantitative estimate of drug-likeness (QED) is 0.830. The summed E-state index contributed by atoms with van der Waals surface area (Å²) in [4.78, 5) is 16.6. The van der Waals surface area contributed by atoms with Crippen LogP contribution in [-0.2, 0) is 11.3 Å². The lowest BCUT2D eigenvalue weighted by Crippen LogP contribution is -2.44. The van der Waals surface area contributed by atoms with Gasteiger partial charge < -0.3 is 15.2 Å². The standard InChI is InChI=1S/C17H28N4O.2ClH/c1-12(11-21-8-7-18-13(21)2)10-19-17(22)16-9-14-5-3-4-6-15(14)20-16;;/h7-8,12,14-16,20H,3-6,9-11H2,1-2H3,(H,19,22);2*1H. The zero-order chi connectivity index (χ0) is 15.5. The second-order valence-electron chi connectivity index (χ2n) is 7.08. The molecule has 2 aliphatic rings. The topological polar surface area (TPSA) is 59.0 Å². The molecule has 24 heavy (non-hydrogen) atoms. The van der Waals surface area contributed by atoms with E-state index < -0.39 is 0 Å². The molecule has 7 heteroatoms. The van der Waals surface area contributed by atoms with Gasteiger partial charge in [0.1, 0.15) is 5.82 Å². The number of nitrogens with zero attached hydrogens (tertiary/aromatic N) is 2. The molecule has 2 fully saturated rings. The number of imidazole rings is 1. The van der Waals surface area contributed by atoms with Crippen molar-refractivity contribution in [2.45, 2.75) is 64.6 Å². The van der Waals surface area contributed by atoms with E-state index in [4.69, 9.17) is 0 Å². The van der Waals surface area contributed by atoms with Gasteiger partial charge in [0.15, 0.2) is 0 Å². The Morgan fingerprint density at radius 2 is 2.17 bits per heavy atom. The number of carbonyl (C=O) groups is 1. The predicted molar refractivity (Wildman–Crippen MR) is 101 cm³/mol. The third-order valence-corrected chi connectivity index (χ3v) is 5.24. The summed E-state index contributed by atoms with van der Waals surface area (Å²) in [6.45, 7) is 5.80. The summed E-state index contributed by atoms with van der Waals surface area (Å²) >= 11 is 0. The number of fused-ring (bicyclic) bond motifs is 1. The van der Waals surface area contributed by atoms with E-state index in [1.165, 1.54) is 25.7 Å². The number of hydrogen-bond donors (Lipinski definition) is 2. The van der Waals surface area contributed by atoms with E-state index in [2.05, 4.69) is 27.1 Å². The van der Waals surface area contributed by atoms with Crippen molar-refractivity contribution < 1.29 is 4.79 Å². The number of nitrogens with one attached hydrogen (secondary N) is 2. The van der Waals surface area contributed by atoms with Crippen molar-refractivity contribution in [3.8, 4) is 0 Å². The number of rotatable bonds is 5. The number of aryl methyl sites for hydroxylation is 1. The Bertz CT molecular complexity index is 508. The average molecular weight is 377 g/mol. The first-order chi connectivity index (χ1) is 10.6.